The Morgan fingerprint density at radius 2 is 1.30 bits per heavy atom. The highest BCUT2D eigenvalue weighted by atomic mass is 14.9. The summed E-state index contributed by atoms with van der Waals surface area (Å²) in [4.78, 5) is 0. The van der Waals surface area contributed by atoms with Crippen LogP contribution < -0.4 is 5.32 Å². The first-order valence-electron chi connectivity index (χ1n) is 11.3. The molecule has 0 spiro atoms. The van der Waals surface area contributed by atoms with Crippen LogP contribution in [0.3, 0.4) is 0 Å². The maximum Gasteiger partial charge on any atom is 0.0431 e. The molecule has 0 bridgehead atoms. The fourth-order valence-electron chi connectivity index (χ4n) is 5.77. The Kier molecular flexibility index (Phi) is 4.04. The van der Waals surface area contributed by atoms with E-state index >= 15 is 0 Å². The molecule has 1 nitrogen and oxygen atoms in total. The molecule has 154 valence electrons. The van der Waals surface area contributed by atoms with Gasteiger partial charge in [-0.25, -0.2) is 0 Å². The van der Waals surface area contributed by atoms with E-state index in [1.807, 2.05) is 0 Å². The van der Waals surface area contributed by atoms with E-state index in [2.05, 4.69) is 108 Å². The van der Waals surface area contributed by atoms with Gasteiger partial charge in [0.2, 0.25) is 0 Å². The van der Waals surface area contributed by atoms with Crippen molar-refractivity contribution in [1.82, 2.24) is 0 Å². The number of rotatable bonds is 2. The predicted molar refractivity (Wildman–Crippen MR) is 129 cm³/mol. The lowest BCUT2D eigenvalue weighted by Crippen LogP contribution is -2.33. The van der Waals surface area contributed by atoms with Gasteiger partial charge >= 0.3 is 0 Å². The van der Waals surface area contributed by atoms with Crippen molar-refractivity contribution in [3.05, 3.63) is 82.9 Å². The van der Waals surface area contributed by atoms with Crippen LogP contribution in [-0.4, -0.2) is 0 Å². The van der Waals surface area contributed by atoms with Gasteiger partial charge in [-0.3, -0.25) is 0 Å². The highest BCUT2D eigenvalue weighted by Crippen LogP contribution is 2.52. The third kappa shape index (κ3) is 2.75. The Morgan fingerprint density at radius 1 is 0.633 bits per heavy atom. The van der Waals surface area contributed by atoms with E-state index < -0.39 is 0 Å². The van der Waals surface area contributed by atoms with Gasteiger partial charge in [-0.1, -0.05) is 84.0 Å². The summed E-state index contributed by atoms with van der Waals surface area (Å²) in [5.74, 6) is 0. The third-order valence-electron chi connectivity index (χ3n) is 7.71. The molecule has 30 heavy (non-hydrogen) atoms. The van der Waals surface area contributed by atoms with Crippen LogP contribution >= 0.6 is 0 Å². The third-order valence-corrected chi connectivity index (χ3v) is 7.71. The van der Waals surface area contributed by atoms with Crippen molar-refractivity contribution < 1.29 is 0 Å². The zero-order chi connectivity index (χ0) is 21.3. The Labute approximate surface area is 181 Å². The van der Waals surface area contributed by atoms with Gasteiger partial charge in [0.05, 0.1) is 0 Å². The van der Waals surface area contributed by atoms with Crippen LogP contribution in [0.15, 0.2) is 60.7 Å². The van der Waals surface area contributed by atoms with Crippen molar-refractivity contribution in [2.45, 2.75) is 70.6 Å². The Morgan fingerprint density at radius 3 is 2.07 bits per heavy atom. The van der Waals surface area contributed by atoms with Crippen LogP contribution in [0.2, 0.25) is 0 Å². The molecule has 3 aromatic rings. The van der Waals surface area contributed by atoms with Gasteiger partial charge in [0.15, 0.2) is 0 Å². The molecule has 0 amide bonds. The highest BCUT2D eigenvalue weighted by molar-refractivity contribution is 5.87. The lowest BCUT2D eigenvalue weighted by atomic mass is 9.63. The normalized spacial score (nSPS) is 19.5. The molecule has 0 aromatic heterocycles. The summed E-state index contributed by atoms with van der Waals surface area (Å²) in [6, 6.07) is 22.6. The van der Waals surface area contributed by atoms with Gasteiger partial charge in [-0.15, -0.1) is 0 Å². The standard InChI is InChI=1S/C29H33N/c1-27(2)16-17-28(3,4)24-18-19(14-15-23(24)27)30-25-13-9-11-21-20-10-7-8-12-22(20)29(5,6)26(21)25/h7-15,18,30H,16-17H2,1-6H3. The summed E-state index contributed by atoms with van der Waals surface area (Å²) in [6.45, 7) is 14.3. The summed E-state index contributed by atoms with van der Waals surface area (Å²) in [5.41, 5.74) is 11.4. The van der Waals surface area contributed by atoms with Crippen LogP contribution in [0.4, 0.5) is 11.4 Å². The van der Waals surface area contributed by atoms with Gasteiger partial charge in [0.1, 0.15) is 0 Å². The molecular weight excluding hydrogens is 362 g/mol. The van der Waals surface area contributed by atoms with Crippen molar-refractivity contribution in [1.29, 1.82) is 0 Å². The van der Waals surface area contributed by atoms with E-state index in [0.29, 0.717) is 0 Å². The topological polar surface area (TPSA) is 12.0 Å². The van der Waals surface area contributed by atoms with Crippen molar-refractivity contribution >= 4 is 11.4 Å². The molecule has 0 atom stereocenters. The second-order valence-electron chi connectivity index (χ2n) is 11.1. The van der Waals surface area contributed by atoms with Crippen molar-refractivity contribution in [2.75, 3.05) is 5.32 Å². The first-order chi connectivity index (χ1) is 14.1. The van der Waals surface area contributed by atoms with E-state index in [1.165, 1.54) is 57.6 Å². The van der Waals surface area contributed by atoms with Crippen LogP contribution in [-0.2, 0) is 16.2 Å². The van der Waals surface area contributed by atoms with Gasteiger partial charge in [-0.2, -0.15) is 0 Å². The second-order valence-corrected chi connectivity index (χ2v) is 11.1. The molecule has 0 saturated carbocycles. The minimum absolute atomic E-state index is 0.00894. The molecule has 0 heterocycles. The van der Waals surface area contributed by atoms with E-state index in [1.54, 1.807) is 0 Å². The molecule has 1 N–H and O–H groups in total. The molecule has 3 aromatic carbocycles. The SMILES string of the molecule is CC1(C)CCC(C)(C)c2cc(Nc3cccc4c3C(C)(C)c3ccccc3-4)ccc21. The van der Waals surface area contributed by atoms with Gasteiger partial charge in [0.25, 0.3) is 0 Å². The van der Waals surface area contributed by atoms with E-state index in [9.17, 15) is 0 Å². The maximum atomic E-state index is 3.81. The maximum absolute atomic E-state index is 3.81. The molecule has 2 aliphatic carbocycles. The predicted octanol–water partition coefficient (Wildman–Crippen LogP) is 8.09. The fourth-order valence-corrected chi connectivity index (χ4v) is 5.77. The van der Waals surface area contributed by atoms with E-state index in [4.69, 9.17) is 0 Å². The van der Waals surface area contributed by atoms with Crippen molar-refractivity contribution in [3.8, 4) is 11.1 Å². The molecule has 0 aliphatic heterocycles. The second kappa shape index (κ2) is 6.23. The monoisotopic (exact) mass is 395 g/mol. The summed E-state index contributed by atoms with van der Waals surface area (Å²) < 4.78 is 0. The van der Waals surface area contributed by atoms with Gasteiger partial charge < -0.3 is 5.32 Å². The quantitative estimate of drug-likeness (QED) is 0.462. The highest BCUT2D eigenvalue weighted by Gasteiger charge is 2.38. The van der Waals surface area contributed by atoms with Crippen LogP contribution in [0.25, 0.3) is 11.1 Å². The summed E-state index contributed by atoms with van der Waals surface area (Å²) in [7, 11) is 0. The lowest BCUT2D eigenvalue weighted by Gasteiger charge is -2.42. The molecular formula is C29H33N. The van der Waals surface area contributed by atoms with Gasteiger partial charge in [0, 0.05) is 16.8 Å². The first-order valence-corrected chi connectivity index (χ1v) is 11.3. The summed E-state index contributed by atoms with van der Waals surface area (Å²) in [5, 5.41) is 3.81. The Bertz CT molecular complexity index is 1150. The average molecular weight is 396 g/mol. The number of anilines is 2. The Balaban J connectivity index is 1.60. The minimum Gasteiger partial charge on any atom is -0.355 e. The summed E-state index contributed by atoms with van der Waals surface area (Å²) >= 11 is 0. The number of fused-ring (bicyclic) bond motifs is 4. The lowest BCUT2D eigenvalue weighted by molar-refractivity contribution is 0.332. The number of benzene rings is 3. The van der Waals surface area contributed by atoms with Crippen LogP contribution in [0, 0.1) is 0 Å². The zero-order valence-electron chi connectivity index (χ0n) is 19.2. The van der Waals surface area contributed by atoms with Gasteiger partial charge in [-0.05, 0) is 75.3 Å². The molecule has 0 fully saturated rings. The molecule has 1 heteroatoms. The van der Waals surface area contributed by atoms with E-state index in [-0.39, 0.29) is 16.2 Å². The molecule has 0 unspecified atom stereocenters. The fraction of sp³-hybridized carbons (Fsp3) is 0.379. The van der Waals surface area contributed by atoms with Crippen LogP contribution in [0.1, 0.15) is 76.6 Å². The molecule has 2 aliphatic rings. The minimum atomic E-state index is -0.00894. The molecule has 0 radical (unpaired) electrons. The summed E-state index contributed by atoms with van der Waals surface area (Å²) in [6.07, 6.45) is 2.48. The number of nitrogens with one attached hydrogen (secondary N) is 1. The first kappa shape index (κ1) is 19.4. The largest absolute Gasteiger partial charge is 0.355 e. The number of hydrogen-bond donors (Lipinski definition) is 1. The average Bonchev–Trinajstić information content (AvgIpc) is 2.94. The van der Waals surface area contributed by atoms with Crippen molar-refractivity contribution in [2.24, 2.45) is 0 Å². The van der Waals surface area contributed by atoms with E-state index in [0.717, 1.165) is 0 Å². The molecule has 5 rings (SSSR count). The van der Waals surface area contributed by atoms with Crippen LogP contribution in [0.5, 0.6) is 0 Å². The smallest absolute Gasteiger partial charge is 0.0431 e. The Hall–Kier alpha value is -2.54. The molecule has 0 saturated heterocycles. The zero-order valence-corrected chi connectivity index (χ0v) is 19.2. The van der Waals surface area contributed by atoms with Crippen molar-refractivity contribution in [3.63, 3.8) is 0 Å². The number of hydrogen-bond acceptors (Lipinski definition) is 1.